The van der Waals surface area contributed by atoms with Crippen molar-refractivity contribution in [1.29, 1.82) is 0 Å². The molecule has 0 radical (unpaired) electrons. The lowest BCUT2D eigenvalue weighted by molar-refractivity contribution is 0.587. The molecule has 35 heavy (non-hydrogen) atoms. The normalized spacial score (nSPS) is 11.9. The minimum Gasteiger partial charge on any atom is -0.267 e. The van der Waals surface area contributed by atoms with Crippen LogP contribution in [0.1, 0.15) is 43.2 Å². The van der Waals surface area contributed by atoms with Gasteiger partial charge in [0.25, 0.3) is 10.0 Å². The van der Waals surface area contributed by atoms with Gasteiger partial charge in [0.05, 0.1) is 10.4 Å². The van der Waals surface area contributed by atoms with Gasteiger partial charge in [0.15, 0.2) is 0 Å². The van der Waals surface area contributed by atoms with Crippen LogP contribution in [0.15, 0.2) is 82.2 Å². The molecule has 0 aliphatic carbocycles. The van der Waals surface area contributed by atoms with Crippen LogP contribution in [0.4, 0.5) is 0 Å². The van der Waals surface area contributed by atoms with E-state index in [-0.39, 0.29) is 4.90 Å². The molecular weight excluding hydrogens is 540 g/mol. The van der Waals surface area contributed by atoms with Crippen molar-refractivity contribution in [2.75, 3.05) is 7.05 Å². The number of aromatic nitrogens is 1. The smallest absolute Gasteiger partial charge is 0.267 e. The van der Waals surface area contributed by atoms with Gasteiger partial charge in [-0.3, -0.25) is 4.72 Å². The first-order chi connectivity index (χ1) is 16.4. The molecule has 4 nitrogen and oxygen atoms in total. The van der Waals surface area contributed by atoms with Crippen molar-refractivity contribution in [2.45, 2.75) is 50.7 Å². The van der Waals surface area contributed by atoms with Crippen LogP contribution in [-0.4, -0.2) is 24.2 Å². The van der Waals surface area contributed by atoms with Gasteiger partial charge in [-0.05, 0) is 93.0 Å². The average Bonchev–Trinajstić information content (AvgIpc) is 3.15. The molecule has 7 heteroatoms. The van der Waals surface area contributed by atoms with E-state index < -0.39 is 10.0 Å². The SMILES string of the molecule is CNSC(C)(C)C.Cc1ccc(S(=O)(=O)n2c(Cc3ccccc3C)cc3cccc(Br)c32)cc1. The van der Waals surface area contributed by atoms with Crippen LogP contribution in [-0.2, 0) is 16.4 Å². The average molecular weight is 574 g/mol. The van der Waals surface area contributed by atoms with Gasteiger partial charge < -0.3 is 0 Å². The standard InChI is InChI=1S/C23H20BrNO2S.C5H13NS/c1-16-10-12-21(13-11-16)28(26,27)25-20(14-18-7-4-3-6-17(18)2)15-19-8-5-9-22(24)23(19)25;1-5(2,3)7-6-4/h3-13,15H,14H2,1-2H3;6H,1-4H3. The van der Waals surface area contributed by atoms with E-state index in [1.54, 1.807) is 24.1 Å². The third-order valence-electron chi connectivity index (χ3n) is 5.40. The van der Waals surface area contributed by atoms with Crippen molar-refractivity contribution in [1.82, 2.24) is 8.69 Å². The molecule has 0 spiro atoms. The van der Waals surface area contributed by atoms with Gasteiger partial charge in [-0.2, -0.15) is 0 Å². The van der Waals surface area contributed by atoms with E-state index in [0.717, 1.165) is 32.2 Å². The Kier molecular flexibility index (Phi) is 8.91. The summed E-state index contributed by atoms with van der Waals surface area (Å²) in [5, 5.41) is 0.897. The summed E-state index contributed by atoms with van der Waals surface area (Å²) >= 11 is 5.29. The maximum absolute atomic E-state index is 13.6. The summed E-state index contributed by atoms with van der Waals surface area (Å²) in [7, 11) is -1.80. The van der Waals surface area contributed by atoms with Crippen molar-refractivity contribution in [3.8, 4) is 0 Å². The maximum Gasteiger partial charge on any atom is 0.268 e. The number of nitrogens with one attached hydrogen (secondary N) is 1. The van der Waals surface area contributed by atoms with Gasteiger partial charge in [-0.15, -0.1) is 0 Å². The molecule has 3 aromatic carbocycles. The molecule has 0 fully saturated rings. The summed E-state index contributed by atoms with van der Waals surface area (Å²) in [6.45, 7) is 10.5. The molecule has 4 rings (SSSR count). The number of aryl methyl sites for hydroxylation is 2. The summed E-state index contributed by atoms with van der Waals surface area (Å²) < 4.78 is 32.9. The van der Waals surface area contributed by atoms with E-state index in [2.05, 4.69) is 41.4 Å². The fourth-order valence-corrected chi connectivity index (χ4v) is 6.62. The van der Waals surface area contributed by atoms with Gasteiger partial charge in [-0.1, -0.05) is 66.0 Å². The molecule has 1 aromatic heterocycles. The Labute approximate surface area is 222 Å². The first kappa shape index (κ1) is 27.5. The lowest BCUT2D eigenvalue weighted by Crippen LogP contribution is -2.16. The van der Waals surface area contributed by atoms with E-state index in [1.807, 2.05) is 81.6 Å². The largest absolute Gasteiger partial charge is 0.268 e. The number of hydrogen-bond donors (Lipinski definition) is 1. The van der Waals surface area contributed by atoms with Crippen molar-refractivity contribution in [3.63, 3.8) is 0 Å². The second-order valence-corrected chi connectivity index (χ2v) is 13.9. The zero-order valence-corrected chi connectivity index (χ0v) is 24.3. The van der Waals surface area contributed by atoms with Crippen molar-refractivity contribution < 1.29 is 8.42 Å². The maximum atomic E-state index is 13.6. The monoisotopic (exact) mass is 572 g/mol. The topological polar surface area (TPSA) is 51.1 Å². The molecule has 0 amide bonds. The highest BCUT2D eigenvalue weighted by Gasteiger charge is 2.24. The molecular formula is C28H33BrN2O2S2. The van der Waals surface area contributed by atoms with Crippen molar-refractivity contribution in [2.24, 2.45) is 0 Å². The number of nitrogens with zero attached hydrogens (tertiary/aromatic N) is 1. The lowest BCUT2D eigenvalue weighted by atomic mass is 10.0. The summed E-state index contributed by atoms with van der Waals surface area (Å²) in [4.78, 5) is 0.289. The van der Waals surface area contributed by atoms with Gasteiger partial charge in [0.2, 0.25) is 0 Å². The number of benzene rings is 3. The first-order valence-corrected chi connectivity index (χ1v) is 14.5. The predicted octanol–water partition coefficient (Wildman–Crippen LogP) is 7.50. The summed E-state index contributed by atoms with van der Waals surface area (Å²) in [5.41, 5.74) is 4.70. The summed E-state index contributed by atoms with van der Waals surface area (Å²) in [6, 6.07) is 22.8. The van der Waals surface area contributed by atoms with Crippen LogP contribution < -0.4 is 4.72 Å². The quantitative estimate of drug-likeness (QED) is 0.251. The van der Waals surface area contributed by atoms with Crippen LogP contribution in [0.3, 0.4) is 0 Å². The molecule has 0 saturated heterocycles. The number of rotatable bonds is 5. The highest BCUT2D eigenvalue weighted by molar-refractivity contribution is 9.10. The second kappa shape index (κ2) is 11.3. The molecule has 4 aromatic rings. The Morgan fingerprint density at radius 1 is 0.943 bits per heavy atom. The van der Waals surface area contributed by atoms with E-state index in [0.29, 0.717) is 16.7 Å². The van der Waals surface area contributed by atoms with Crippen LogP contribution in [0.5, 0.6) is 0 Å². The van der Waals surface area contributed by atoms with Gasteiger partial charge >= 0.3 is 0 Å². The zero-order chi connectivity index (χ0) is 25.8. The molecule has 0 unspecified atom stereocenters. The van der Waals surface area contributed by atoms with Gasteiger partial charge in [0, 0.05) is 26.7 Å². The molecule has 0 saturated carbocycles. The summed E-state index contributed by atoms with van der Waals surface area (Å²) in [6.07, 6.45) is 0.541. The van der Waals surface area contributed by atoms with Crippen molar-refractivity contribution in [3.05, 3.63) is 99.7 Å². The minimum absolute atomic E-state index is 0.289. The Bertz CT molecular complexity index is 1400. The Balaban J connectivity index is 0.000000429. The van der Waals surface area contributed by atoms with Gasteiger partial charge in [-0.25, -0.2) is 12.4 Å². The van der Waals surface area contributed by atoms with Crippen LogP contribution >= 0.6 is 27.9 Å². The van der Waals surface area contributed by atoms with Crippen molar-refractivity contribution >= 4 is 48.8 Å². The molecule has 1 N–H and O–H groups in total. The second-order valence-electron chi connectivity index (χ2n) is 9.42. The van der Waals surface area contributed by atoms with Gasteiger partial charge in [0.1, 0.15) is 0 Å². The molecule has 186 valence electrons. The molecule has 0 aliphatic rings. The minimum atomic E-state index is -3.74. The Morgan fingerprint density at radius 3 is 2.17 bits per heavy atom. The van der Waals surface area contributed by atoms with E-state index in [1.165, 1.54) is 3.97 Å². The molecule has 0 atom stereocenters. The third kappa shape index (κ3) is 6.79. The zero-order valence-electron chi connectivity index (χ0n) is 21.1. The van der Waals surface area contributed by atoms with E-state index in [4.69, 9.17) is 0 Å². The molecule has 1 heterocycles. The predicted molar refractivity (Wildman–Crippen MR) is 154 cm³/mol. The fourth-order valence-electron chi connectivity index (χ4n) is 3.77. The van der Waals surface area contributed by atoms with E-state index >= 15 is 0 Å². The molecule has 0 bridgehead atoms. The first-order valence-electron chi connectivity index (χ1n) is 11.4. The Hall–Kier alpha value is -2.06. The van der Waals surface area contributed by atoms with Crippen LogP contribution in [0.25, 0.3) is 10.9 Å². The number of fused-ring (bicyclic) bond motifs is 1. The lowest BCUT2D eigenvalue weighted by Gasteiger charge is -2.14. The number of halogens is 1. The fraction of sp³-hybridized carbons (Fsp3) is 0.286. The van der Waals surface area contributed by atoms with Crippen LogP contribution in [0, 0.1) is 13.8 Å². The Morgan fingerprint density at radius 2 is 1.60 bits per heavy atom. The third-order valence-corrected chi connectivity index (χ3v) is 8.63. The highest BCUT2D eigenvalue weighted by Crippen LogP contribution is 2.32. The number of hydrogen-bond acceptors (Lipinski definition) is 4. The number of para-hydroxylation sites is 1. The highest BCUT2D eigenvalue weighted by atomic mass is 79.9. The summed E-state index contributed by atoms with van der Waals surface area (Å²) in [5.74, 6) is 0. The van der Waals surface area contributed by atoms with Crippen LogP contribution in [0.2, 0.25) is 0 Å². The van der Waals surface area contributed by atoms with E-state index in [9.17, 15) is 8.42 Å². The molecule has 0 aliphatic heterocycles.